The molecule has 0 unspecified atom stereocenters. The second kappa shape index (κ2) is 20.7. The maximum absolute atomic E-state index is 5.79. The van der Waals surface area contributed by atoms with Crippen molar-refractivity contribution in [3.05, 3.63) is 373 Å². The number of fused-ring (bicyclic) bond motifs is 31. The van der Waals surface area contributed by atoms with Crippen LogP contribution in [0.3, 0.4) is 0 Å². The summed E-state index contributed by atoms with van der Waals surface area (Å²) < 4.78 is 4.91. The zero-order valence-electron chi connectivity index (χ0n) is 56.6. The van der Waals surface area contributed by atoms with Gasteiger partial charge in [0.1, 0.15) is 0 Å². The molecule has 20 aromatic rings. The minimum Gasteiger partial charge on any atom is -0.309 e. The molecule has 0 atom stereocenters. The van der Waals surface area contributed by atoms with Gasteiger partial charge in [0.25, 0.3) is 0 Å². The number of hydrogen-bond acceptors (Lipinski definition) is 2. The largest absolute Gasteiger partial charge is 0.309 e. The van der Waals surface area contributed by atoms with Crippen LogP contribution in [0.5, 0.6) is 0 Å². The monoisotopic (exact) mass is 1310 g/mol. The van der Waals surface area contributed by atoms with E-state index in [1.54, 1.807) is 0 Å². The molecule has 1 spiro atoms. The van der Waals surface area contributed by atoms with Crippen LogP contribution in [0.2, 0.25) is 0 Å². The Morgan fingerprint density at radius 2 is 0.825 bits per heavy atom. The van der Waals surface area contributed by atoms with Crippen LogP contribution in [-0.2, 0) is 10.8 Å². The van der Waals surface area contributed by atoms with Crippen LogP contribution in [0, 0.1) is 0 Å². The molecule has 0 saturated heterocycles. The van der Waals surface area contributed by atoms with Gasteiger partial charge < -0.3 is 4.90 Å². The summed E-state index contributed by atoms with van der Waals surface area (Å²) in [4.78, 5) is 8.36. The van der Waals surface area contributed by atoms with E-state index < -0.39 is 5.41 Å². The number of imidazole rings is 1. The highest BCUT2D eigenvalue weighted by Gasteiger charge is 2.52. The van der Waals surface area contributed by atoms with Gasteiger partial charge in [-0.1, -0.05) is 287 Å². The van der Waals surface area contributed by atoms with Gasteiger partial charge in [-0.05, 0) is 204 Å². The number of hydrogen-bond donors (Lipinski definition) is 0. The molecule has 23 rings (SSSR count). The van der Waals surface area contributed by atoms with Crippen LogP contribution < -0.4 is 4.90 Å². The van der Waals surface area contributed by atoms with Crippen molar-refractivity contribution in [2.45, 2.75) is 24.7 Å². The zero-order valence-corrected chi connectivity index (χ0v) is 56.6. The maximum atomic E-state index is 5.79. The smallest absolute Gasteiger partial charge is 0.220 e. The molecular formula is C99H62N4. The Morgan fingerprint density at radius 3 is 1.51 bits per heavy atom. The average Bonchev–Trinajstić information content (AvgIpc) is 1.51. The summed E-state index contributed by atoms with van der Waals surface area (Å²) in [6.45, 7) is 4.92. The van der Waals surface area contributed by atoms with E-state index in [9.17, 15) is 0 Å². The second-order valence-electron chi connectivity index (χ2n) is 29.1. The summed E-state index contributed by atoms with van der Waals surface area (Å²) in [5.74, 6) is 0.839. The number of rotatable bonds is 6. The van der Waals surface area contributed by atoms with Gasteiger partial charge in [-0.25, -0.2) is 4.98 Å². The van der Waals surface area contributed by atoms with E-state index in [0.717, 1.165) is 72.7 Å². The lowest BCUT2D eigenvalue weighted by atomic mass is 9.70. The van der Waals surface area contributed by atoms with Crippen LogP contribution in [0.4, 0.5) is 17.1 Å². The standard InChI is InChI=1S/C99H62N4/c1-98(2)87-58-80-70-35-11-9-33-68(70)67-32-8-10-34-69(67)79(80)57-82(87)93-94-78-50-48-60(55-92(78)103(96(94)77-42-17-16-41-76(77)95(93)98)97-100-88-46-24-25-47-90(88)102(97)61-27-4-3-5-28-61)64-51-53-89(74-39-14-12-31-66(64)74)101(91-54-59-26-6-7-29-63(59)65-30-13-15-40-75(65)91)62-49-52-86-81(56-62)73-38-20-23-45-85(73)99(86)83-43-21-18-36-71(83)72-37-19-22-44-84(72)99/h3-58H,1-2H3. The summed E-state index contributed by atoms with van der Waals surface area (Å²) in [6.07, 6.45) is 0. The quantitative estimate of drug-likeness (QED) is 0.155. The van der Waals surface area contributed by atoms with E-state index in [1.807, 2.05) is 0 Å². The van der Waals surface area contributed by atoms with Crippen molar-refractivity contribution < 1.29 is 0 Å². The number of anilines is 3. The first-order chi connectivity index (χ1) is 50.9. The first-order valence-electron chi connectivity index (χ1n) is 36.0. The number of nitrogens with zero attached hydrogens (tertiary/aromatic N) is 4. The Labute approximate surface area is 594 Å². The molecule has 0 amide bonds. The molecule has 0 aliphatic heterocycles. The van der Waals surface area contributed by atoms with E-state index in [-0.39, 0.29) is 5.41 Å². The third-order valence-electron chi connectivity index (χ3n) is 23.8. The molecule has 18 aromatic carbocycles. The summed E-state index contributed by atoms with van der Waals surface area (Å²) in [7, 11) is 0. The fourth-order valence-electron chi connectivity index (χ4n) is 19.6. The first-order valence-corrected chi connectivity index (χ1v) is 36.0. The number of para-hydroxylation sites is 3. The molecule has 4 heteroatoms. The third-order valence-corrected chi connectivity index (χ3v) is 23.8. The lowest BCUT2D eigenvalue weighted by molar-refractivity contribution is 0.667. The van der Waals surface area contributed by atoms with E-state index in [2.05, 4.69) is 368 Å². The van der Waals surface area contributed by atoms with Gasteiger partial charge in [-0.15, -0.1) is 0 Å². The van der Waals surface area contributed by atoms with Gasteiger partial charge in [0.2, 0.25) is 5.95 Å². The molecule has 0 fully saturated rings. The maximum Gasteiger partial charge on any atom is 0.220 e. The topological polar surface area (TPSA) is 26.0 Å². The lowest BCUT2D eigenvalue weighted by Crippen LogP contribution is -2.25. The van der Waals surface area contributed by atoms with Crippen molar-refractivity contribution in [3.63, 3.8) is 0 Å². The van der Waals surface area contributed by atoms with Crippen LogP contribution >= 0.6 is 0 Å². The van der Waals surface area contributed by atoms with E-state index in [4.69, 9.17) is 4.98 Å². The molecular weight excluding hydrogens is 1250 g/mol. The normalized spacial score (nSPS) is 13.7. The van der Waals surface area contributed by atoms with Crippen molar-refractivity contribution in [2.24, 2.45) is 0 Å². The van der Waals surface area contributed by atoms with Crippen molar-refractivity contribution in [2.75, 3.05) is 4.90 Å². The van der Waals surface area contributed by atoms with Gasteiger partial charge >= 0.3 is 0 Å². The molecule has 0 bridgehead atoms. The molecule has 478 valence electrons. The molecule has 0 radical (unpaired) electrons. The van der Waals surface area contributed by atoms with Gasteiger partial charge in [0.15, 0.2) is 0 Å². The van der Waals surface area contributed by atoms with Gasteiger partial charge in [0.05, 0.1) is 38.9 Å². The van der Waals surface area contributed by atoms with Crippen LogP contribution in [0.25, 0.3) is 164 Å². The Bertz CT molecular complexity index is 7120. The molecule has 3 aliphatic rings. The number of aromatic nitrogens is 3. The summed E-state index contributed by atoms with van der Waals surface area (Å²) in [5, 5.41) is 19.7. The molecule has 2 heterocycles. The van der Waals surface area contributed by atoms with Crippen molar-refractivity contribution >= 4 is 125 Å². The van der Waals surface area contributed by atoms with E-state index in [0.29, 0.717) is 0 Å². The molecule has 103 heavy (non-hydrogen) atoms. The molecule has 4 nitrogen and oxygen atoms in total. The van der Waals surface area contributed by atoms with Crippen LogP contribution in [-0.4, -0.2) is 14.1 Å². The summed E-state index contributed by atoms with van der Waals surface area (Å²) in [5.41, 5.74) is 25.7. The van der Waals surface area contributed by atoms with Crippen molar-refractivity contribution in [1.29, 1.82) is 0 Å². The van der Waals surface area contributed by atoms with Gasteiger partial charge in [0, 0.05) is 43.7 Å². The van der Waals surface area contributed by atoms with Crippen LogP contribution in [0.1, 0.15) is 47.2 Å². The Kier molecular flexibility index (Phi) is 11.4. The van der Waals surface area contributed by atoms with E-state index >= 15 is 0 Å². The minimum atomic E-state index is -0.471. The molecule has 0 N–H and O–H groups in total. The first kappa shape index (κ1) is 56.7. The Morgan fingerprint density at radius 1 is 0.301 bits per heavy atom. The fourth-order valence-corrected chi connectivity index (χ4v) is 19.6. The SMILES string of the molecule is CC1(C)c2cc3c4ccccc4c4ccccc4c3cc2-c2c1c1ccccc1c1c2c2ccc(-c3ccc(N(c4ccc5c(c4)-c4ccccc4C54c5ccccc5-c5ccccc54)c4cc5ccccc5c5ccccc45)c4ccccc34)cc2n1-c1nc2ccccc2n1-c1ccccc1. The highest BCUT2D eigenvalue weighted by atomic mass is 15.2. The highest BCUT2D eigenvalue weighted by molar-refractivity contribution is 6.31. The lowest BCUT2D eigenvalue weighted by Gasteiger charge is -2.32. The summed E-state index contributed by atoms with van der Waals surface area (Å²) >= 11 is 0. The second-order valence-corrected chi connectivity index (χ2v) is 29.1. The predicted molar refractivity (Wildman–Crippen MR) is 432 cm³/mol. The molecule has 0 saturated carbocycles. The fraction of sp³-hybridized carbons (Fsp3) is 0.0404. The van der Waals surface area contributed by atoms with Crippen molar-refractivity contribution in [3.8, 4) is 56.1 Å². The molecule has 3 aliphatic carbocycles. The third kappa shape index (κ3) is 7.45. The van der Waals surface area contributed by atoms with Crippen molar-refractivity contribution in [1.82, 2.24) is 14.1 Å². The highest BCUT2D eigenvalue weighted by Crippen LogP contribution is 2.64. The average molecular weight is 1310 g/mol. The Hall–Kier alpha value is -13.2. The Balaban J connectivity index is 0.797. The zero-order chi connectivity index (χ0) is 67.6. The van der Waals surface area contributed by atoms with E-state index in [1.165, 1.54) is 142 Å². The van der Waals surface area contributed by atoms with Gasteiger partial charge in [-0.2, -0.15) is 0 Å². The van der Waals surface area contributed by atoms with Crippen LogP contribution in [0.15, 0.2) is 340 Å². The predicted octanol–water partition coefficient (Wildman–Crippen LogP) is 26.0. The summed E-state index contributed by atoms with van der Waals surface area (Å²) in [6, 6.07) is 128. The van der Waals surface area contributed by atoms with Gasteiger partial charge in [-0.3, -0.25) is 9.13 Å². The minimum absolute atomic E-state index is 0.362. The number of benzene rings is 18. The molecule has 2 aromatic heterocycles.